The molecular weight excluding hydrogens is 422 g/mol. The Morgan fingerprint density at radius 1 is 1.27 bits per heavy atom. The number of hydrogen-bond donors (Lipinski definition) is 2. The molecule has 1 spiro atoms. The molecule has 9 nitrogen and oxygen atoms in total. The summed E-state index contributed by atoms with van der Waals surface area (Å²) in [6.45, 7) is 0.153. The number of aryl methyl sites for hydroxylation is 1. The van der Waals surface area contributed by atoms with Gasteiger partial charge in [-0.1, -0.05) is 30.3 Å². The van der Waals surface area contributed by atoms with Crippen LogP contribution in [0.15, 0.2) is 60.9 Å². The van der Waals surface area contributed by atoms with E-state index in [4.69, 9.17) is 9.90 Å². The molecule has 0 bridgehead atoms. The van der Waals surface area contributed by atoms with E-state index in [1.165, 1.54) is 0 Å². The van der Waals surface area contributed by atoms with Crippen molar-refractivity contribution in [1.82, 2.24) is 14.7 Å². The second-order valence-electron chi connectivity index (χ2n) is 7.83. The second-order valence-corrected chi connectivity index (χ2v) is 7.83. The van der Waals surface area contributed by atoms with Crippen LogP contribution < -0.4 is 5.32 Å². The Morgan fingerprint density at radius 3 is 2.67 bits per heavy atom. The van der Waals surface area contributed by atoms with E-state index in [2.05, 4.69) is 16.5 Å². The number of anilines is 1. The lowest BCUT2D eigenvalue weighted by Crippen LogP contribution is -2.42. The summed E-state index contributed by atoms with van der Waals surface area (Å²) in [6.07, 6.45) is 4.06. The average molecular weight is 443 g/mol. The van der Waals surface area contributed by atoms with Crippen LogP contribution in [0, 0.1) is 11.3 Å². The third-order valence-electron chi connectivity index (χ3n) is 6.17. The molecular formula is C24H21N5O4. The van der Waals surface area contributed by atoms with Crippen LogP contribution in [0.5, 0.6) is 0 Å². The number of amides is 2. The van der Waals surface area contributed by atoms with E-state index < -0.39 is 11.5 Å². The van der Waals surface area contributed by atoms with E-state index >= 15 is 0 Å². The first-order valence-electron chi connectivity index (χ1n) is 10.3. The zero-order chi connectivity index (χ0) is 23.6. The Morgan fingerprint density at radius 2 is 1.97 bits per heavy atom. The van der Waals surface area contributed by atoms with Gasteiger partial charge in [-0.15, -0.1) is 0 Å². The van der Waals surface area contributed by atoms with E-state index in [9.17, 15) is 14.9 Å². The number of benzene rings is 2. The molecule has 2 aliphatic rings. The Bertz CT molecular complexity index is 1280. The molecule has 2 amide bonds. The Hall–Kier alpha value is -4.45. The number of carbonyl (C=O) groups is 3. The minimum Gasteiger partial charge on any atom is -0.483 e. The molecule has 0 radical (unpaired) electrons. The van der Waals surface area contributed by atoms with E-state index in [1.807, 2.05) is 37.5 Å². The zero-order valence-corrected chi connectivity index (χ0v) is 17.8. The maximum Gasteiger partial charge on any atom is 0.290 e. The van der Waals surface area contributed by atoms with E-state index in [-0.39, 0.29) is 18.3 Å². The first-order valence-corrected chi connectivity index (χ1v) is 10.3. The zero-order valence-electron chi connectivity index (χ0n) is 17.8. The number of aromatic nitrogens is 2. The van der Waals surface area contributed by atoms with Crippen LogP contribution in [0.1, 0.15) is 39.5 Å². The second kappa shape index (κ2) is 8.59. The van der Waals surface area contributed by atoms with Crippen LogP contribution in [-0.2, 0) is 22.1 Å². The lowest BCUT2D eigenvalue weighted by atomic mass is 9.73. The highest BCUT2D eigenvalue weighted by Crippen LogP contribution is 2.54. The first kappa shape index (κ1) is 21.8. The first-order chi connectivity index (χ1) is 16.0. The number of nitrogens with zero attached hydrogens (tertiary/aromatic N) is 4. The minimum atomic E-state index is -0.892. The molecule has 2 aliphatic heterocycles. The molecule has 0 saturated carbocycles. The highest BCUT2D eigenvalue weighted by Gasteiger charge is 2.59. The van der Waals surface area contributed by atoms with Gasteiger partial charge in [0.25, 0.3) is 12.4 Å². The van der Waals surface area contributed by atoms with Gasteiger partial charge in [0.15, 0.2) is 0 Å². The molecule has 0 aliphatic carbocycles. The quantitative estimate of drug-likeness (QED) is 0.586. The Labute approximate surface area is 189 Å². The number of nitrogens with one attached hydrogen (secondary N) is 1. The van der Waals surface area contributed by atoms with Crippen molar-refractivity contribution in [3.8, 4) is 6.07 Å². The highest BCUT2D eigenvalue weighted by atomic mass is 16.3. The smallest absolute Gasteiger partial charge is 0.290 e. The summed E-state index contributed by atoms with van der Waals surface area (Å²) in [4.78, 5) is 37.0. The topological polar surface area (TPSA) is 128 Å². The molecule has 1 fully saturated rings. The predicted octanol–water partition coefficient (Wildman–Crippen LogP) is 2.47. The van der Waals surface area contributed by atoms with Gasteiger partial charge in [-0.05, 0) is 30.2 Å². The van der Waals surface area contributed by atoms with Gasteiger partial charge in [-0.25, -0.2) is 0 Å². The highest BCUT2D eigenvalue weighted by molar-refractivity contribution is 6.08. The molecule has 166 valence electrons. The van der Waals surface area contributed by atoms with Crippen molar-refractivity contribution in [3.63, 3.8) is 0 Å². The molecule has 2 atom stereocenters. The van der Waals surface area contributed by atoms with Crippen LogP contribution in [0.3, 0.4) is 0 Å². The Balaban J connectivity index is 0.000000821. The van der Waals surface area contributed by atoms with E-state index in [0.29, 0.717) is 24.1 Å². The van der Waals surface area contributed by atoms with Gasteiger partial charge in [0.05, 0.1) is 29.4 Å². The molecule has 1 aromatic heterocycles. The molecule has 3 aromatic rings. The SMILES string of the molecule is Cn1cc([C@@H]2N(C(=O)c3ccccc3C#N)CC[C@]23C(=O)Nc2ccccc23)cn1.O=CO. The minimum absolute atomic E-state index is 0.110. The summed E-state index contributed by atoms with van der Waals surface area (Å²) in [7, 11) is 1.81. The molecule has 0 unspecified atom stereocenters. The van der Waals surface area contributed by atoms with Crippen molar-refractivity contribution in [3.05, 3.63) is 83.2 Å². The van der Waals surface area contributed by atoms with Crippen molar-refractivity contribution in [2.24, 2.45) is 7.05 Å². The van der Waals surface area contributed by atoms with Gasteiger partial charge in [0, 0.05) is 31.0 Å². The Kier molecular flexibility index (Phi) is 5.67. The third kappa shape index (κ3) is 3.42. The lowest BCUT2D eigenvalue weighted by molar-refractivity contribution is -0.123. The summed E-state index contributed by atoms with van der Waals surface area (Å²) in [5.74, 6) is -0.364. The number of nitriles is 1. The van der Waals surface area contributed by atoms with Crippen molar-refractivity contribution >= 4 is 24.0 Å². The van der Waals surface area contributed by atoms with Crippen molar-refractivity contribution in [1.29, 1.82) is 5.26 Å². The number of likely N-dealkylation sites (tertiary alicyclic amines) is 1. The monoisotopic (exact) mass is 443 g/mol. The van der Waals surface area contributed by atoms with Gasteiger partial charge in [0.2, 0.25) is 5.91 Å². The van der Waals surface area contributed by atoms with Crippen LogP contribution in [-0.4, -0.2) is 44.6 Å². The molecule has 9 heteroatoms. The number of fused-ring (bicyclic) bond motifs is 2. The fourth-order valence-corrected chi connectivity index (χ4v) is 4.87. The van der Waals surface area contributed by atoms with Crippen LogP contribution in [0.2, 0.25) is 0 Å². The fourth-order valence-electron chi connectivity index (χ4n) is 4.87. The van der Waals surface area contributed by atoms with Crippen LogP contribution in [0.4, 0.5) is 5.69 Å². The summed E-state index contributed by atoms with van der Waals surface area (Å²) in [5.41, 5.74) is 2.25. The van der Waals surface area contributed by atoms with Gasteiger partial charge in [-0.3, -0.25) is 19.1 Å². The van der Waals surface area contributed by atoms with Crippen LogP contribution >= 0.6 is 0 Å². The molecule has 2 aromatic carbocycles. The van der Waals surface area contributed by atoms with Gasteiger partial charge in [-0.2, -0.15) is 10.4 Å². The standard InChI is InChI=1S/C23H19N5O2.CH2O2/c1-27-14-16(13-25-27)20-23(18-8-4-5-9-19(18)26-22(23)30)10-11-28(20)21(29)17-7-3-2-6-15(17)12-24;2-1-3/h2-9,13-14,20H,10-11H2,1H3,(H,26,30);1H,(H,2,3)/t20-,23+;/m0./s1. The van der Waals surface area contributed by atoms with E-state index in [1.54, 1.807) is 40.0 Å². The fraction of sp³-hybridized carbons (Fsp3) is 0.208. The summed E-state index contributed by atoms with van der Waals surface area (Å²) >= 11 is 0. The molecule has 5 rings (SSSR count). The molecule has 1 saturated heterocycles. The normalized spacial score (nSPS) is 20.4. The third-order valence-corrected chi connectivity index (χ3v) is 6.17. The number of rotatable bonds is 2. The van der Waals surface area contributed by atoms with Crippen molar-refractivity contribution in [2.75, 3.05) is 11.9 Å². The summed E-state index contributed by atoms with van der Waals surface area (Å²) < 4.78 is 1.67. The average Bonchev–Trinajstić information content (AvgIpc) is 3.50. The largest absolute Gasteiger partial charge is 0.483 e. The molecule has 2 N–H and O–H groups in total. The number of carboxylic acid groups (broad SMARTS) is 1. The maximum atomic E-state index is 13.6. The van der Waals surface area contributed by atoms with Gasteiger partial charge < -0.3 is 15.3 Å². The van der Waals surface area contributed by atoms with Gasteiger partial charge >= 0.3 is 0 Å². The maximum absolute atomic E-state index is 13.6. The lowest BCUT2D eigenvalue weighted by Gasteiger charge is -2.33. The van der Waals surface area contributed by atoms with Crippen molar-refractivity contribution in [2.45, 2.75) is 17.9 Å². The number of carbonyl (C=O) groups excluding carboxylic acids is 2. The van der Waals surface area contributed by atoms with E-state index in [0.717, 1.165) is 16.8 Å². The molecule has 3 heterocycles. The van der Waals surface area contributed by atoms with Gasteiger partial charge in [0.1, 0.15) is 5.41 Å². The summed E-state index contributed by atoms with van der Waals surface area (Å²) in [5, 5.41) is 23.7. The number of para-hydroxylation sites is 1. The van der Waals surface area contributed by atoms with Crippen molar-refractivity contribution < 1.29 is 19.5 Å². The molecule has 33 heavy (non-hydrogen) atoms. The van der Waals surface area contributed by atoms with Crippen LogP contribution in [0.25, 0.3) is 0 Å². The predicted molar refractivity (Wildman–Crippen MR) is 118 cm³/mol. The summed E-state index contributed by atoms with van der Waals surface area (Å²) in [6, 6.07) is 16.0. The number of hydrogen-bond acceptors (Lipinski definition) is 5.